The molecular formula is C21H30N2O6. The van der Waals surface area contributed by atoms with E-state index in [0.29, 0.717) is 18.5 Å². The van der Waals surface area contributed by atoms with E-state index in [1.165, 1.54) is 0 Å². The minimum Gasteiger partial charge on any atom is -0.466 e. The predicted molar refractivity (Wildman–Crippen MR) is 109 cm³/mol. The van der Waals surface area contributed by atoms with Crippen LogP contribution in [-0.2, 0) is 23.9 Å². The number of benzene rings is 1. The second-order valence-corrected chi connectivity index (χ2v) is 6.54. The second kappa shape index (κ2) is 12.5. The number of ketones is 1. The number of hydrogen-bond donors (Lipinski definition) is 1. The third kappa shape index (κ3) is 8.76. The van der Waals surface area contributed by atoms with E-state index in [1.54, 1.807) is 45.0 Å². The number of nitrogens with one attached hydrogen (secondary N) is 1. The van der Waals surface area contributed by atoms with Crippen LogP contribution in [-0.4, -0.2) is 56.5 Å². The van der Waals surface area contributed by atoms with Crippen LogP contribution in [0.2, 0.25) is 0 Å². The summed E-state index contributed by atoms with van der Waals surface area (Å²) in [5.74, 6) is -1.36. The standard InChI is InChI=1S/C21H30N2O6/c1-5-28-19(25)12-11-18(21(27)29-6-2)22-20(26)16-7-9-17(10-8-16)23(4)14-13-15(3)24/h7-10,18H,5-6,11-14H2,1-4H3,(H,22,26)/t18-/m0/s1. The van der Waals surface area contributed by atoms with E-state index in [-0.39, 0.29) is 31.8 Å². The summed E-state index contributed by atoms with van der Waals surface area (Å²) in [4.78, 5) is 49.3. The first-order valence-electron chi connectivity index (χ1n) is 9.72. The molecule has 0 aromatic heterocycles. The molecule has 1 aromatic carbocycles. The minimum absolute atomic E-state index is 0.00250. The van der Waals surface area contributed by atoms with Crippen LogP contribution < -0.4 is 10.2 Å². The van der Waals surface area contributed by atoms with Gasteiger partial charge < -0.3 is 19.7 Å². The van der Waals surface area contributed by atoms with E-state index in [2.05, 4.69) is 5.32 Å². The molecule has 0 aliphatic heterocycles. The van der Waals surface area contributed by atoms with Crippen molar-refractivity contribution in [1.82, 2.24) is 5.32 Å². The number of Topliss-reactive ketones (excluding diaryl/α,β-unsaturated/α-hetero) is 1. The Morgan fingerprint density at radius 3 is 2.17 bits per heavy atom. The Morgan fingerprint density at radius 1 is 1.00 bits per heavy atom. The molecular weight excluding hydrogens is 376 g/mol. The van der Waals surface area contributed by atoms with Gasteiger partial charge in [0.25, 0.3) is 5.91 Å². The molecule has 160 valence electrons. The van der Waals surface area contributed by atoms with Crippen molar-refractivity contribution in [2.24, 2.45) is 0 Å². The van der Waals surface area contributed by atoms with Crippen molar-refractivity contribution < 1.29 is 28.7 Å². The van der Waals surface area contributed by atoms with Crippen LogP contribution in [0.5, 0.6) is 0 Å². The van der Waals surface area contributed by atoms with E-state index < -0.39 is 23.9 Å². The molecule has 0 aliphatic rings. The summed E-state index contributed by atoms with van der Waals surface area (Å²) in [7, 11) is 1.87. The Bertz CT molecular complexity index is 702. The third-order valence-corrected chi connectivity index (χ3v) is 4.19. The van der Waals surface area contributed by atoms with Crippen molar-refractivity contribution in [3.63, 3.8) is 0 Å². The molecule has 1 amide bonds. The summed E-state index contributed by atoms with van der Waals surface area (Å²) in [6.45, 7) is 5.92. The number of hydrogen-bond acceptors (Lipinski definition) is 7. The highest BCUT2D eigenvalue weighted by atomic mass is 16.5. The number of ether oxygens (including phenoxy) is 2. The number of esters is 2. The summed E-state index contributed by atoms with van der Waals surface area (Å²) in [5.41, 5.74) is 1.24. The van der Waals surface area contributed by atoms with Gasteiger partial charge in [-0.3, -0.25) is 14.4 Å². The van der Waals surface area contributed by atoms with Gasteiger partial charge in [0, 0.05) is 37.7 Å². The number of nitrogens with zero attached hydrogens (tertiary/aromatic N) is 1. The van der Waals surface area contributed by atoms with Crippen molar-refractivity contribution in [3.8, 4) is 0 Å². The van der Waals surface area contributed by atoms with Crippen LogP contribution in [0.4, 0.5) is 5.69 Å². The summed E-state index contributed by atoms with van der Waals surface area (Å²) in [5, 5.41) is 2.62. The lowest BCUT2D eigenvalue weighted by atomic mass is 10.1. The first-order chi connectivity index (χ1) is 13.8. The van der Waals surface area contributed by atoms with Crippen molar-refractivity contribution in [2.75, 3.05) is 31.7 Å². The molecule has 0 spiro atoms. The molecule has 0 radical (unpaired) electrons. The largest absolute Gasteiger partial charge is 0.466 e. The molecule has 8 nitrogen and oxygen atoms in total. The van der Waals surface area contributed by atoms with Crippen molar-refractivity contribution in [1.29, 1.82) is 0 Å². The lowest BCUT2D eigenvalue weighted by Crippen LogP contribution is -2.42. The summed E-state index contributed by atoms with van der Waals surface area (Å²) >= 11 is 0. The lowest BCUT2D eigenvalue weighted by molar-refractivity contribution is -0.146. The molecule has 0 saturated heterocycles. The van der Waals surface area contributed by atoms with Crippen LogP contribution in [0.1, 0.15) is 50.4 Å². The second-order valence-electron chi connectivity index (χ2n) is 6.54. The highest BCUT2D eigenvalue weighted by Crippen LogP contribution is 2.15. The Hall–Kier alpha value is -2.90. The van der Waals surface area contributed by atoms with Crippen molar-refractivity contribution in [2.45, 2.75) is 46.1 Å². The monoisotopic (exact) mass is 406 g/mol. The SMILES string of the molecule is CCOC(=O)CC[C@H](NC(=O)c1ccc(N(C)CCC(C)=O)cc1)C(=O)OCC. The van der Waals surface area contributed by atoms with Gasteiger partial charge in [0.05, 0.1) is 13.2 Å². The molecule has 1 N–H and O–H groups in total. The molecule has 0 unspecified atom stereocenters. The fraction of sp³-hybridized carbons (Fsp3) is 0.524. The molecule has 0 aliphatic carbocycles. The molecule has 1 rings (SSSR count). The van der Waals surface area contributed by atoms with Gasteiger partial charge in [-0.2, -0.15) is 0 Å². The zero-order chi connectivity index (χ0) is 21.8. The molecule has 0 fully saturated rings. The third-order valence-electron chi connectivity index (χ3n) is 4.19. The van der Waals surface area contributed by atoms with Gasteiger partial charge in [-0.25, -0.2) is 4.79 Å². The topological polar surface area (TPSA) is 102 Å². The van der Waals surface area contributed by atoms with Gasteiger partial charge in [0.15, 0.2) is 0 Å². The van der Waals surface area contributed by atoms with E-state index in [0.717, 1.165) is 5.69 Å². The van der Waals surface area contributed by atoms with Gasteiger partial charge in [0.2, 0.25) is 0 Å². The summed E-state index contributed by atoms with van der Waals surface area (Å²) in [6.07, 6.45) is 0.535. The maximum Gasteiger partial charge on any atom is 0.328 e. The Morgan fingerprint density at radius 2 is 1.62 bits per heavy atom. The van der Waals surface area contributed by atoms with E-state index in [4.69, 9.17) is 9.47 Å². The lowest BCUT2D eigenvalue weighted by Gasteiger charge is -2.19. The fourth-order valence-electron chi connectivity index (χ4n) is 2.55. The molecule has 0 heterocycles. The van der Waals surface area contributed by atoms with E-state index >= 15 is 0 Å². The normalized spacial score (nSPS) is 11.3. The van der Waals surface area contributed by atoms with Crippen LogP contribution in [0, 0.1) is 0 Å². The minimum atomic E-state index is -0.940. The maximum absolute atomic E-state index is 12.5. The van der Waals surface area contributed by atoms with Crippen LogP contribution in [0.15, 0.2) is 24.3 Å². The number of carbonyl (C=O) groups excluding carboxylic acids is 4. The first kappa shape index (κ1) is 24.1. The average Bonchev–Trinajstić information content (AvgIpc) is 2.69. The van der Waals surface area contributed by atoms with E-state index in [1.807, 2.05) is 11.9 Å². The van der Waals surface area contributed by atoms with E-state index in [9.17, 15) is 19.2 Å². The fourth-order valence-corrected chi connectivity index (χ4v) is 2.55. The summed E-state index contributed by atoms with van der Waals surface area (Å²) in [6, 6.07) is 5.88. The smallest absolute Gasteiger partial charge is 0.328 e. The zero-order valence-corrected chi connectivity index (χ0v) is 17.5. The molecule has 29 heavy (non-hydrogen) atoms. The Labute approximate surface area is 171 Å². The predicted octanol–water partition coefficient (Wildman–Crippen LogP) is 2.11. The number of anilines is 1. The van der Waals surface area contributed by atoms with Gasteiger partial charge >= 0.3 is 11.9 Å². The van der Waals surface area contributed by atoms with Crippen molar-refractivity contribution >= 4 is 29.3 Å². The van der Waals surface area contributed by atoms with Crippen LogP contribution >= 0.6 is 0 Å². The molecule has 0 saturated carbocycles. The molecule has 0 bridgehead atoms. The number of carbonyl (C=O) groups is 4. The highest BCUT2D eigenvalue weighted by molar-refractivity contribution is 5.97. The average molecular weight is 406 g/mol. The highest BCUT2D eigenvalue weighted by Gasteiger charge is 2.24. The summed E-state index contributed by atoms with van der Waals surface area (Å²) < 4.78 is 9.85. The van der Waals surface area contributed by atoms with Gasteiger partial charge in [0.1, 0.15) is 11.8 Å². The Balaban J connectivity index is 2.75. The molecule has 1 aromatic rings. The van der Waals surface area contributed by atoms with Crippen molar-refractivity contribution in [3.05, 3.63) is 29.8 Å². The Kier molecular flexibility index (Phi) is 10.4. The number of amides is 1. The number of rotatable bonds is 12. The first-order valence-corrected chi connectivity index (χ1v) is 9.72. The molecule has 1 atom stereocenters. The molecule has 8 heteroatoms. The van der Waals surface area contributed by atoms with Gasteiger partial charge in [-0.15, -0.1) is 0 Å². The quantitative estimate of drug-likeness (QED) is 0.530. The van der Waals surface area contributed by atoms with Crippen LogP contribution in [0.25, 0.3) is 0 Å². The zero-order valence-electron chi connectivity index (χ0n) is 17.5. The van der Waals surface area contributed by atoms with Gasteiger partial charge in [-0.05, 0) is 51.5 Å². The van der Waals surface area contributed by atoms with Crippen LogP contribution in [0.3, 0.4) is 0 Å². The van der Waals surface area contributed by atoms with Gasteiger partial charge in [-0.1, -0.05) is 0 Å². The maximum atomic E-state index is 12.5.